The number of carbonyl (C=O) groups is 2. The van der Waals surface area contributed by atoms with Gasteiger partial charge >= 0.3 is 11.9 Å². The third kappa shape index (κ3) is 6.50. The first-order valence-corrected chi connectivity index (χ1v) is 15.1. The molecule has 5 rings (SSSR count). The lowest BCUT2D eigenvalue weighted by molar-refractivity contribution is -0.145. The summed E-state index contributed by atoms with van der Waals surface area (Å²) in [6.45, 7) is 5.87. The van der Waals surface area contributed by atoms with Gasteiger partial charge in [0.05, 0.1) is 41.7 Å². The van der Waals surface area contributed by atoms with Gasteiger partial charge < -0.3 is 18.9 Å². The summed E-state index contributed by atoms with van der Waals surface area (Å²) in [5.41, 5.74) is 2.66. The van der Waals surface area contributed by atoms with Crippen LogP contribution in [0, 0.1) is 0 Å². The van der Waals surface area contributed by atoms with Gasteiger partial charge in [-0.05, 0) is 50.1 Å². The van der Waals surface area contributed by atoms with Crippen molar-refractivity contribution < 1.29 is 28.5 Å². The van der Waals surface area contributed by atoms with Crippen LogP contribution in [0.3, 0.4) is 0 Å². The third-order valence-electron chi connectivity index (χ3n) is 6.71. The molecule has 10 heteroatoms. The minimum atomic E-state index is -0.749. The number of hydrogen-bond donors (Lipinski definition) is 0. The van der Waals surface area contributed by atoms with E-state index >= 15 is 0 Å². The molecule has 1 aliphatic heterocycles. The molecule has 0 amide bonds. The Morgan fingerprint density at radius 1 is 0.864 bits per heavy atom. The van der Waals surface area contributed by atoms with Gasteiger partial charge in [0.25, 0.3) is 5.56 Å². The number of ether oxygens (including phenoxy) is 4. The van der Waals surface area contributed by atoms with E-state index in [4.69, 9.17) is 23.9 Å². The van der Waals surface area contributed by atoms with E-state index in [0.29, 0.717) is 44.3 Å². The highest BCUT2D eigenvalue weighted by Gasteiger charge is 2.35. The van der Waals surface area contributed by atoms with Gasteiger partial charge in [0.15, 0.2) is 22.9 Å². The van der Waals surface area contributed by atoms with E-state index < -0.39 is 18.0 Å². The molecule has 0 N–H and O–H groups in total. The van der Waals surface area contributed by atoms with Crippen LogP contribution in [-0.2, 0) is 19.1 Å². The summed E-state index contributed by atoms with van der Waals surface area (Å²) in [7, 11) is 0. The van der Waals surface area contributed by atoms with Crippen molar-refractivity contribution in [3.8, 4) is 11.5 Å². The lowest BCUT2D eigenvalue weighted by atomic mass is 9.93. The van der Waals surface area contributed by atoms with E-state index in [1.807, 2.05) is 67.6 Å². The zero-order valence-electron chi connectivity index (χ0n) is 24.6. The van der Waals surface area contributed by atoms with Crippen LogP contribution in [0.5, 0.6) is 11.5 Å². The van der Waals surface area contributed by atoms with Crippen molar-refractivity contribution in [3.05, 3.63) is 121 Å². The molecule has 0 aliphatic carbocycles. The molecular weight excluding hydrogens is 580 g/mol. The van der Waals surface area contributed by atoms with Crippen molar-refractivity contribution in [2.45, 2.75) is 26.8 Å². The van der Waals surface area contributed by atoms with E-state index in [0.717, 1.165) is 11.1 Å². The number of esters is 2. The van der Waals surface area contributed by atoms with Gasteiger partial charge in [0, 0.05) is 5.56 Å². The smallest absolute Gasteiger partial charge is 0.344 e. The molecule has 1 aliphatic rings. The van der Waals surface area contributed by atoms with Crippen molar-refractivity contribution in [1.29, 1.82) is 0 Å². The average Bonchev–Trinajstić information content (AvgIpc) is 3.35. The first-order chi connectivity index (χ1) is 21.4. The highest BCUT2D eigenvalue weighted by atomic mass is 32.1. The number of hydrogen-bond acceptors (Lipinski definition) is 9. The minimum Gasteiger partial charge on any atom is -0.490 e. The van der Waals surface area contributed by atoms with Gasteiger partial charge in [0.1, 0.15) is 0 Å². The van der Waals surface area contributed by atoms with Crippen LogP contribution < -0.4 is 24.4 Å². The van der Waals surface area contributed by atoms with Gasteiger partial charge in [-0.25, -0.2) is 14.6 Å². The van der Waals surface area contributed by atoms with Gasteiger partial charge in [-0.3, -0.25) is 9.36 Å². The predicted molar refractivity (Wildman–Crippen MR) is 167 cm³/mol. The lowest BCUT2D eigenvalue weighted by Crippen LogP contribution is -2.39. The Bertz CT molecular complexity index is 1860. The van der Waals surface area contributed by atoms with E-state index in [1.54, 1.807) is 42.7 Å². The fourth-order valence-corrected chi connectivity index (χ4v) is 5.88. The second kappa shape index (κ2) is 14.0. The normalized spacial score (nSPS) is 14.4. The zero-order valence-corrected chi connectivity index (χ0v) is 25.5. The standard InChI is InChI=1S/C34H32N2O7S/c1-4-40-26-19-22(17-18-25(26)43-21-28(37)41-5-2)20-27-32(38)36-31(24-15-11-8-12-16-24)29(33(39)42-6-3)30(35-34(36)44-27)23-13-9-7-10-14-23/h7-20,31H,4-6,21H2,1-3H3/b27-20-/t31-/m0/s1. The maximum atomic E-state index is 14.1. The molecule has 0 fully saturated rings. The van der Waals surface area contributed by atoms with Crippen molar-refractivity contribution in [1.82, 2.24) is 4.57 Å². The summed E-state index contributed by atoms with van der Waals surface area (Å²) in [5.74, 6) is -0.200. The first kappa shape index (κ1) is 30.5. The Morgan fingerprint density at radius 2 is 1.57 bits per heavy atom. The molecule has 44 heavy (non-hydrogen) atoms. The van der Waals surface area contributed by atoms with Crippen LogP contribution in [-0.4, -0.2) is 42.9 Å². The Balaban J connectivity index is 1.66. The second-order valence-electron chi connectivity index (χ2n) is 9.58. The molecule has 0 spiro atoms. The molecule has 0 bridgehead atoms. The number of fused-ring (bicyclic) bond motifs is 1. The van der Waals surface area contributed by atoms with E-state index in [-0.39, 0.29) is 25.4 Å². The summed E-state index contributed by atoms with van der Waals surface area (Å²) in [4.78, 5) is 44.7. The second-order valence-corrected chi connectivity index (χ2v) is 10.6. The average molecular weight is 613 g/mol. The lowest BCUT2D eigenvalue weighted by Gasteiger charge is -2.25. The van der Waals surface area contributed by atoms with Crippen LogP contribution in [0.15, 0.2) is 94.2 Å². The molecule has 2 heterocycles. The highest BCUT2D eigenvalue weighted by molar-refractivity contribution is 7.07. The van der Waals surface area contributed by atoms with E-state index in [9.17, 15) is 14.4 Å². The predicted octanol–water partition coefficient (Wildman–Crippen LogP) is 4.28. The molecule has 3 aromatic carbocycles. The van der Waals surface area contributed by atoms with Crippen LogP contribution in [0.2, 0.25) is 0 Å². The van der Waals surface area contributed by atoms with Crippen molar-refractivity contribution in [2.75, 3.05) is 26.4 Å². The maximum Gasteiger partial charge on any atom is 0.344 e. The fraction of sp³-hybridized carbons (Fsp3) is 0.235. The topological polar surface area (TPSA) is 105 Å². The number of thiazole rings is 1. The Labute approximate surface area is 258 Å². The molecule has 0 saturated carbocycles. The summed E-state index contributed by atoms with van der Waals surface area (Å²) in [6, 6.07) is 23.3. The van der Waals surface area contributed by atoms with Crippen LogP contribution in [0.1, 0.15) is 43.5 Å². The number of aromatic nitrogens is 1. The zero-order chi connectivity index (χ0) is 31.1. The van der Waals surface area contributed by atoms with Crippen molar-refractivity contribution in [3.63, 3.8) is 0 Å². The van der Waals surface area contributed by atoms with E-state index in [1.165, 1.54) is 11.3 Å². The Morgan fingerprint density at radius 3 is 2.25 bits per heavy atom. The van der Waals surface area contributed by atoms with E-state index in [2.05, 4.69) is 0 Å². The molecule has 1 atom stereocenters. The quantitative estimate of drug-likeness (QED) is 0.233. The van der Waals surface area contributed by atoms with Gasteiger partial charge in [-0.1, -0.05) is 78.1 Å². The molecule has 1 aromatic heterocycles. The van der Waals surface area contributed by atoms with Crippen molar-refractivity contribution in [2.24, 2.45) is 4.99 Å². The first-order valence-electron chi connectivity index (χ1n) is 14.3. The summed E-state index contributed by atoms with van der Waals surface area (Å²) < 4.78 is 23.8. The van der Waals surface area contributed by atoms with Crippen LogP contribution in [0.25, 0.3) is 11.8 Å². The monoisotopic (exact) mass is 612 g/mol. The molecule has 226 valence electrons. The largest absolute Gasteiger partial charge is 0.490 e. The molecule has 0 radical (unpaired) electrons. The van der Waals surface area contributed by atoms with Gasteiger partial charge in [0.2, 0.25) is 0 Å². The van der Waals surface area contributed by atoms with Crippen molar-refractivity contribution >= 4 is 35.0 Å². The number of nitrogens with zero attached hydrogens (tertiary/aromatic N) is 2. The van der Waals surface area contributed by atoms with Gasteiger partial charge in [-0.2, -0.15) is 0 Å². The Kier molecular flexibility index (Phi) is 9.71. The third-order valence-corrected chi connectivity index (χ3v) is 7.69. The maximum absolute atomic E-state index is 14.1. The summed E-state index contributed by atoms with van der Waals surface area (Å²) in [5, 5.41) is 0. The minimum absolute atomic E-state index is 0.179. The highest BCUT2D eigenvalue weighted by Crippen LogP contribution is 2.35. The summed E-state index contributed by atoms with van der Waals surface area (Å²) in [6.07, 6.45) is 1.75. The SMILES string of the molecule is CCOC(=O)COc1ccc(/C=c2\sc3n(c2=O)[C@@H](c2ccccc2)C(C(=O)OCC)=C(c2ccccc2)N=3)cc1OCC. The molecule has 9 nitrogen and oxygen atoms in total. The number of benzene rings is 3. The molecular formula is C34H32N2O7S. The van der Waals surface area contributed by atoms with Crippen LogP contribution in [0.4, 0.5) is 0 Å². The van der Waals surface area contributed by atoms with Gasteiger partial charge in [-0.15, -0.1) is 0 Å². The molecule has 4 aromatic rings. The number of carbonyl (C=O) groups excluding carboxylic acids is 2. The van der Waals surface area contributed by atoms with Crippen LogP contribution >= 0.6 is 11.3 Å². The summed E-state index contributed by atoms with van der Waals surface area (Å²) >= 11 is 1.23. The molecule has 0 unspecified atom stereocenters. The number of rotatable bonds is 11. The fourth-order valence-electron chi connectivity index (χ4n) is 4.88. The Hall–Kier alpha value is -4.96. The molecule has 0 saturated heterocycles.